The molecule has 2 heterocycles. The molecule has 1 amide bonds. The van der Waals surface area contributed by atoms with Gasteiger partial charge >= 0.3 is 5.97 Å². The molecule has 94 valence electrons. The van der Waals surface area contributed by atoms with Crippen LogP contribution in [0.2, 0.25) is 0 Å². The zero-order chi connectivity index (χ0) is 12.8. The van der Waals surface area contributed by atoms with Crippen molar-refractivity contribution < 1.29 is 14.7 Å². The molecule has 1 saturated heterocycles. The van der Waals surface area contributed by atoms with Crippen LogP contribution in [0.3, 0.4) is 0 Å². The number of amides is 1. The van der Waals surface area contributed by atoms with Crippen LogP contribution in [0, 0.1) is 0 Å². The molecule has 0 unspecified atom stereocenters. The van der Waals surface area contributed by atoms with Crippen molar-refractivity contribution in [1.82, 2.24) is 5.32 Å². The number of benzene rings is 1. The highest BCUT2D eigenvalue weighted by atomic mass is 16.4. The third-order valence-corrected chi connectivity index (χ3v) is 3.92. The van der Waals surface area contributed by atoms with Crippen molar-refractivity contribution in [2.45, 2.75) is 18.3 Å². The lowest BCUT2D eigenvalue weighted by Crippen LogP contribution is -2.44. The maximum Gasteiger partial charge on any atom is 0.335 e. The number of hydrogen-bond acceptors (Lipinski definition) is 3. The first-order chi connectivity index (χ1) is 8.63. The van der Waals surface area contributed by atoms with E-state index in [9.17, 15) is 9.59 Å². The Morgan fingerprint density at radius 3 is 2.67 bits per heavy atom. The number of aromatic carboxylic acids is 1. The summed E-state index contributed by atoms with van der Waals surface area (Å²) in [7, 11) is 0. The van der Waals surface area contributed by atoms with Gasteiger partial charge in [0.1, 0.15) is 0 Å². The second-order valence-corrected chi connectivity index (χ2v) is 4.85. The minimum Gasteiger partial charge on any atom is -0.478 e. The first-order valence-electron chi connectivity index (χ1n) is 6.03. The van der Waals surface area contributed by atoms with Crippen molar-refractivity contribution in [2.24, 2.45) is 0 Å². The van der Waals surface area contributed by atoms with Crippen molar-refractivity contribution in [3.63, 3.8) is 0 Å². The Balaban J connectivity index is 2.12. The lowest BCUT2D eigenvalue weighted by atomic mass is 9.74. The second-order valence-electron chi connectivity index (χ2n) is 4.85. The molecule has 5 nitrogen and oxygen atoms in total. The van der Waals surface area contributed by atoms with E-state index in [0.717, 1.165) is 37.2 Å². The highest BCUT2D eigenvalue weighted by Crippen LogP contribution is 2.44. The molecule has 1 fully saturated rings. The predicted molar refractivity (Wildman–Crippen MR) is 65.8 cm³/mol. The summed E-state index contributed by atoms with van der Waals surface area (Å²) < 4.78 is 0. The highest BCUT2D eigenvalue weighted by molar-refractivity contribution is 6.07. The molecule has 0 aliphatic carbocycles. The second kappa shape index (κ2) is 3.81. The first kappa shape index (κ1) is 11.2. The fourth-order valence-corrected chi connectivity index (χ4v) is 2.90. The molecule has 3 rings (SSSR count). The number of anilines is 1. The summed E-state index contributed by atoms with van der Waals surface area (Å²) in [6.07, 6.45) is 1.43. The fourth-order valence-electron chi connectivity index (χ4n) is 2.90. The molecular weight excluding hydrogens is 232 g/mol. The number of rotatable bonds is 1. The van der Waals surface area contributed by atoms with E-state index >= 15 is 0 Å². The van der Waals surface area contributed by atoms with Crippen molar-refractivity contribution in [1.29, 1.82) is 0 Å². The van der Waals surface area contributed by atoms with Crippen molar-refractivity contribution in [2.75, 3.05) is 18.4 Å². The lowest BCUT2D eigenvalue weighted by molar-refractivity contribution is -0.121. The van der Waals surface area contributed by atoms with E-state index in [1.165, 1.54) is 6.07 Å². The Labute approximate surface area is 104 Å². The number of carboxylic acid groups (broad SMARTS) is 1. The van der Waals surface area contributed by atoms with Gasteiger partial charge in [-0.3, -0.25) is 4.79 Å². The molecular formula is C13H14N2O3. The van der Waals surface area contributed by atoms with Crippen molar-refractivity contribution >= 4 is 17.6 Å². The van der Waals surface area contributed by atoms with Crippen LogP contribution >= 0.6 is 0 Å². The molecule has 1 aromatic rings. The van der Waals surface area contributed by atoms with E-state index < -0.39 is 11.4 Å². The Kier molecular flexibility index (Phi) is 2.38. The van der Waals surface area contributed by atoms with Gasteiger partial charge in [-0.2, -0.15) is 0 Å². The Bertz CT molecular complexity index is 533. The molecule has 1 aromatic carbocycles. The summed E-state index contributed by atoms with van der Waals surface area (Å²) >= 11 is 0. The molecule has 0 atom stereocenters. The van der Waals surface area contributed by atoms with Crippen LogP contribution in [0.5, 0.6) is 0 Å². The molecule has 0 aromatic heterocycles. The number of hydrogen-bond donors (Lipinski definition) is 3. The summed E-state index contributed by atoms with van der Waals surface area (Å²) in [6.45, 7) is 1.56. The lowest BCUT2D eigenvalue weighted by Gasteiger charge is -2.32. The van der Waals surface area contributed by atoms with E-state index in [4.69, 9.17) is 5.11 Å². The largest absolute Gasteiger partial charge is 0.478 e. The van der Waals surface area contributed by atoms with Crippen molar-refractivity contribution in [3.05, 3.63) is 29.3 Å². The van der Waals surface area contributed by atoms with Crippen LogP contribution in [-0.2, 0) is 10.2 Å². The van der Waals surface area contributed by atoms with Gasteiger partial charge in [0.15, 0.2) is 0 Å². The number of carbonyl (C=O) groups is 2. The maximum atomic E-state index is 12.2. The average Bonchev–Trinajstić information content (AvgIpc) is 2.63. The third kappa shape index (κ3) is 1.44. The molecule has 2 aliphatic rings. The standard InChI is InChI=1S/C13H14N2O3/c16-11(17)8-1-2-10-9(7-8)13(12(18)15-10)3-5-14-6-4-13/h1-2,7,14H,3-6H2,(H,15,18)(H,16,17). The van der Waals surface area contributed by atoms with E-state index in [2.05, 4.69) is 10.6 Å². The zero-order valence-electron chi connectivity index (χ0n) is 9.82. The van der Waals surface area contributed by atoms with Gasteiger partial charge in [-0.1, -0.05) is 0 Å². The minimum absolute atomic E-state index is 0.00142. The molecule has 18 heavy (non-hydrogen) atoms. The SMILES string of the molecule is O=C(O)c1ccc2c(c1)C1(CCNCC1)C(=O)N2. The van der Waals surface area contributed by atoms with Crippen LogP contribution in [0.4, 0.5) is 5.69 Å². The van der Waals surface area contributed by atoms with Crippen LogP contribution in [0.25, 0.3) is 0 Å². The normalized spacial score (nSPS) is 20.6. The molecule has 0 saturated carbocycles. The van der Waals surface area contributed by atoms with Crippen LogP contribution < -0.4 is 10.6 Å². The Hall–Kier alpha value is -1.88. The van der Waals surface area contributed by atoms with Crippen LogP contribution in [0.15, 0.2) is 18.2 Å². The van der Waals surface area contributed by atoms with E-state index in [0.29, 0.717) is 0 Å². The number of fused-ring (bicyclic) bond motifs is 2. The summed E-state index contributed by atoms with van der Waals surface area (Å²) in [6, 6.07) is 4.86. The number of nitrogens with one attached hydrogen (secondary N) is 2. The molecule has 0 bridgehead atoms. The third-order valence-electron chi connectivity index (χ3n) is 3.92. The number of piperidine rings is 1. The molecule has 0 radical (unpaired) electrons. The number of carbonyl (C=O) groups excluding carboxylic acids is 1. The van der Waals surface area contributed by atoms with Crippen LogP contribution in [0.1, 0.15) is 28.8 Å². The van der Waals surface area contributed by atoms with Gasteiger partial charge in [0.25, 0.3) is 0 Å². The molecule has 5 heteroatoms. The minimum atomic E-state index is -0.957. The zero-order valence-corrected chi connectivity index (χ0v) is 9.82. The van der Waals surface area contributed by atoms with Crippen molar-refractivity contribution in [3.8, 4) is 0 Å². The topological polar surface area (TPSA) is 78.4 Å². The van der Waals surface area contributed by atoms with E-state index in [-0.39, 0.29) is 11.5 Å². The fraction of sp³-hybridized carbons (Fsp3) is 0.385. The number of carboxylic acids is 1. The van der Waals surface area contributed by atoms with Gasteiger partial charge in [-0.25, -0.2) is 4.79 Å². The van der Waals surface area contributed by atoms with E-state index in [1.807, 2.05) is 0 Å². The van der Waals surface area contributed by atoms with Gasteiger partial charge in [-0.05, 0) is 49.7 Å². The predicted octanol–water partition coefficient (Wildman–Crippen LogP) is 0.958. The van der Waals surface area contributed by atoms with Gasteiger partial charge < -0.3 is 15.7 Å². The Morgan fingerprint density at radius 2 is 2.00 bits per heavy atom. The summed E-state index contributed by atoms with van der Waals surface area (Å²) in [5, 5.41) is 15.1. The molecule has 1 spiro atoms. The maximum absolute atomic E-state index is 12.2. The summed E-state index contributed by atoms with van der Waals surface area (Å²) in [5.41, 5.74) is 1.30. The highest BCUT2D eigenvalue weighted by Gasteiger charge is 2.47. The van der Waals surface area contributed by atoms with Gasteiger partial charge in [0.05, 0.1) is 11.0 Å². The quantitative estimate of drug-likeness (QED) is 0.689. The van der Waals surface area contributed by atoms with Crippen LogP contribution in [-0.4, -0.2) is 30.1 Å². The van der Waals surface area contributed by atoms with E-state index in [1.54, 1.807) is 12.1 Å². The molecule has 2 aliphatic heterocycles. The van der Waals surface area contributed by atoms with Gasteiger partial charge in [0.2, 0.25) is 5.91 Å². The summed E-state index contributed by atoms with van der Waals surface area (Å²) in [5.74, 6) is -0.956. The summed E-state index contributed by atoms with van der Waals surface area (Å²) in [4.78, 5) is 23.2. The van der Waals surface area contributed by atoms with Gasteiger partial charge in [-0.15, -0.1) is 0 Å². The van der Waals surface area contributed by atoms with Gasteiger partial charge in [0, 0.05) is 5.69 Å². The first-order valence-corrected chi connectivity index (χ1v) is 6.03. The monoisotopic (exact) mass is 246 g/mol. The Morgan fingerprint density at radius 1 is 1.28 bits per heavy atom. The smallest absolute Gasteiger partial charge is 0.335 e. The average molecular weight is 246 g/mol. The molecule has 3 N–H and O–H groups in total.